The van der Waals surface area contributed by atoms with E-state index in [9.17, 15) is 13.2 Å². The van der Waals surface area contributed by atoms with Gasteiger partial charge in [0.05, 0.1) is 6.10 Å². The van der Waals surface area contributed by atoms with Gasteiger partial charge in [-0.15, -0.1) is 0 Å². The molecule has 1 unspecified atom stereocenters. The molecule has 0 radical (unpaired) electrons. The van der Waals surface area contributed by atoms with Crippen LogP contribution in [0.3, 0.4) is 0 Å². The second-order valence-electron chi connectivity index (χ2n) is 3.35. The first-order valence-corrected chi connectivity index (χ1v) is 4.78. The summed E-state index contributed by atoms with van der Waals surface area (Å²) in [6.07, 6.45) is -2.48. The zero-order valence-corrected chi connectivity index (χ0v) is 8.42. The van der Waals surface area contributed by atoms with Crippen LogP contribution in [0.5, 0.6) is 5.75 Å². The summed E-state index contributed by atoms with van der Waals surface area (Å²) < 4.78 is 41.6. The fourth-order valence-electron chi connectivity index (χ4n) is 1.17. The fourth-order valence-corrected chi connectivity index (χ4v) is 1.17. The second-order valence-corrected chi connectivity index (χ2v) is 3.35. The Bertz CT molecular complexity index is 284. The Morgan fingerprint density at radius 1 is 1.13 bits per heavy atom. The molecular formula is C11H13F3O. The largest absolute Gasteiger partial charge is 0.491 e. The molecular weight excluding hydrogens is 205 g/mol. The Kier molecular flexibility index (Phi) is 4.46. The van der Waals surface area contributed by atoms with Gasteiger partial charge in [-0.25, -0.2) is 13.2 Å². The lowest BCUT2D eigenvalue weighted by Crippen LogP contribution is -2.13. The SMILES string of the molecule is CC(CCC(F)F)Oc1ccc(F)cc1. The van der Waals surface area contributed by atoms with Gasteiger partial charge in [-0.3, -0.25) is 0 Å². The summed E-state index contributed by atoms with van der Waals surface area (Å²) >= 11 is 0. The number of hydrogen-bond donors (Lipinski definition) is 0. The van der Waals surface area contributed by atoms with E-state index in [0.717, 1.165) is 0 Å². The molecule has 4 heteroatoms. The minimum Gasteiger partial charge on any atom is -0.491 e. The maximum atomic E-state index is 12.5. The number of benzene rings is 1. The lowest BCUT2D eigenvalue weighted by atomic mass is 10.2. The molecule has 1 aromatic carbocycles. The van der Waals surface area contributed by atoms with Crippen LogP contribution in [0.2, 0.25) is 0 Å². The van der Waals surface area contributed by atoms with Gasteiger partial charge in [-0.2, -0.15) is 0 Å². The van der Waals surface area contributed by atoms with Gasteiger partial charge < -0.3 is 4.74 Å². The molecule has 1 aromatic rings. The summed E-state index contributed by atoms with van der Waals surface area (Å²) in [4.78, 5) is 0. The van der Waals surface area contributed by atoms with E-state index in [2.05, 4.69) is 0 Å². The third kappa shape index (κ3) is 4.72. The lowest BCUT2D eigenvalue weighted by Gasteiger charge is -2.14. The van der Waals surface area contributed by atoms with Crippen LogP contribution in [0.4, 0.5) is 13.2 Å². The highest BCUT2D eigenvalue weighted by Gasteiger charge is 2.08. The highest BCUT2D eigenvalue weighted by molar-refractivity contribution is 5.22. The lowest BCUT2D eigenvalue weighted by molar-refractivity contribution is 0.110. The Hall–Kier alpha value is -1.19. The first kappa shape index (κ1) is 11.9. The van der Waals surface area contributed by atoms with Gasteiger partial charge in [0.2, 0.25) is 6.43 Å². The molecule has 0 saturated carbocycles. The molecule has 84 valence electrons. The molecule has 0 aromatic heterocycles. The normalized spacial score (nSPS) is 12.9. The number of alkyl halides is 2. The first-order chi connectivity index (χ1) is 7.08. The van der Waals surface area contributed by atoms with Crippen molar-refractivity contribution < 1.29 is 17.9 Å². The van der Waals surface area contributed by atoms with Gasteiger partial charge >= 0.3 is 0 Å². The van der Waals surface area contributed by atoms with E-state index in [0.29, 0.717) is 5.75 Å². The smallest absolute Gasteiger partial charge is 0.238 e. The molecule has 0 spiro atoms. The molecule has 0 aliphatic carbocycles. The first-order valence-electron chi connectivity index (χ1n) is 4.78. The summed E-state index contributed by atoms with van der Waals surface area (Å²) in [5.74, 6) is 0.153. The van der Waals surface area contributed by atoms with Crippen LogP contribution in [0.25, 0.3) is 0 Å². The Morgan fingerprint density at radius 3 is 2.27 bits per heavy atom. The zero-order valence-electron chi connectivity index (χ0n) is 8.42. The summed E-state index contributed by atoms with van der Waals surface area (Å²) in [6, 6.07) is 5.51. The summed E-state index contributed by atoms with van der Waals surface area (Å²) in [6.45, 7) is 1.71. The van der Waals surface area contributed by atoms with Gasteiger partial charge in [-0.05, 0) is 37.6 Å². The van der Waals surface area contributed by atoms with Crippen LogP contribution in [-0.4, -0.2) is 12.5 Å². The van der Waals surface area contributed by atoms with E-state index in [1.54, 1.807) is 6.92 Å². The highest BCUT2D eigenvalue weighted by Crippen LogP contribution is 2.16. The Morgan fingerprint density at radius 2 is 1.73 bits per heavy atom. The minimum atomic E-state index is -2.30. The molecule has 0 bridgehead atoms. The van der Waals surface area contributed by atoms with E-state index in [-0.39, 0.29) is 24.8 Å². The maximum Gasteiger partial charge on any atom is 0.238 e. The van der Waals surface area contributed by atoms with Gasteiger partial charge in [0, 0.05) is 6.42 Å². The van der Waals surface area contributed by atoms with Crippen molar-refractivity contribution in [3.05, 3.63) is 30.1 Å². The summed E-state index contributed by atoms with van der Waals surface area (Å²) in [5, 5.41) is 0. The molecule has 0 fully saturated rings. The molecule has 1 rings (SSSR count). The van der Waals surface area contributed by atoms with Crippen molar-refractivity contribution in [1.29, 1.82) is 0 Å². The highest BCUT2D eigenvalue weighted by atomic mass is 19.3. The molecule has 0 N–H and O–H groups in total. The molecule has 1 atom stereocenters. The van der Waals surface area contributed by atoms with Crippen molar-refractivity contribution in [3.63, 3.8) is 0 Å². The van der Waals surface area contributed by atoms with Gasteiger partial charge in [0.1, 0.15) is 11.6 Å². The maximum absolute atomic E-state index is 12.5. The van der Waals surface area contributed by atoms with E-state index in [1.165, 1.54) is 24.3 Å². The van der Waals surface area contributed by atoms with E-state index >= 15 is 0 Å². The quantitative estimate of drug-likeness (QED) is 0.733. The van der Waals surface area contributed by atoms with Gasteiger partial charge in [0.25, 0.3) is 0 Å². The van der Waals surface area contributed by atoms with Gasteiger partial charge in [0.15, 0.2) is 0 Å². The predicted octanol–water partition coefficient (Wildman–Crippen LogP) is 3.64. The van der Waals surface area contributed by atoms with E-state index < -0.39 is 6.43 Å². The van der Waals surface area contributed by atoms with Crippen LogP contribution in [0.15, 0.2) is 24.3 Å². The second kappa shape index (κ2) is 5.63. The molecule has 0 amide bonds. The number of rotatable bonds is 5. The van der Waals surface area contributed by atoms with Crippen molar-refractivity contribution in [1.82, 2.24) is 0 Å². The van der Waals surface area contributed by atoms with Gasteiger partial charge in [-0.1, -0.05) is 0 Å². The van der Waals surface area contributed by atoms with Crippen molar-refractivity contribution >= 4 is 0 Å². The third-order valence-corrected chi connectivity index (χ3v) is 1.94. The molecule has 0 aliphatic heterocycles. The van der Waals surface area contributed by atoms with Crippen LogP contribution >= 0.6 is 0 Å². The average molecular weight is 218 g/mol. The standard InChI is InChI=1S/C11H13F3O/c1-8(2-7-11(13)14)15-10-5-3-9(12)4-6-10/h3-6,8,11H,2,7H2,1H3. The fraction of sp³-hybridized carbons (Fsp3) is 0.455. The zero-order chi connectivity index (χ0) is 11.3. The summed E-state index contributed by atoms with van der Waals surface area (Å²) in [7, 11) is 0. The molecule has 15 heavy (non-hydrogen) atoms. The number of ether oxygens (including phenoxy) is 1. The van der Waals surface area contributed by atoms with Crippen molar-refractivity contribution in [2.75, 3.05) is 0 Å². The van der Waals surface area contributed by atoms with Crippen LogP contribution in [-0.2, 0) is 0 Å². The number of hydrogen-bond acceptors (Lipinski definition) is 1. The topological polar surface area (TPSA) is 9.23 Å². The van der Waals surface area contributed by atoms with Crippen molar-refractivity contribution in [3.8, 4) is 5.75 Å². The predicted molar refractivity (Wildman–Crippen MR) is 51.7 cm³/mol. The van der Waals surface area contributed by atoms with Crippen molar-refractivity contribution in [2.45, 2.75) is 32.3 Å². The molecule has 1 nitrogen and oxygen atoms in total. The molecule has 0 saturated heterocycles. The van der Waals surface area contributed by atoms with Crippen LogP contribution in [0, 0.1) is 5.82 Å². The van der Waals surface area contributed by atoms with E-state index in [1.807, 2.05) is 0 Å². The molecule has 0 aliphatic rings. The van der Waals surface area contributed by atoms with Crippen molar-refractivity contribution in [2.24, 2.45) is 0 Å². The summed E-state index contributed by atoms with van der Waals surface area (Å²) in [5.41, 5.74) is 0. The van der Waals surface area contributed by atoms with E-state index in [4.69, 9.17) is 4.74 Å². The molecule has 0 heterocycles. The van der Waals surface area contributed by atoms with Crippen LogP contribution in [0.1, 0.15) is 19.8 Å². The number of halogens is 3. The minimum absolute atomic E-state index is 0.178. The Balaban J connectivity index is 2.37. The monoisotopic (exact) mass is 218 g/mol. The van der Waals surface area contributed by atoms with Crippen LogP contribution < -0.4 is 4.74 Å². The third-order valence-electron chi connectivity index (χ3n) is 1.94. The average Bonchev–Trinajstić information content (AvgIpc) is 2.19. The Labute approximate surface area is 86.9 Å².